The molecule has 1 aliphatic heterocycles. The Kier molecular flexibility index (Phi) is 3.58. The number of benzene rings is 1. The molecule has 1 aliphatic rings. The topological polar surface area (TPSA) is 46.9 Å². The second kappa shape index (κ2) is 5.62. The number of nitrogens with one attached hydrogen (secondary N) is 1. The third-order valence-electron chi connectivity index (χ3n) is 4.07. The lowest BCUT2D eigenvalue weighted by molar-refractivity contribution is 0.0932. The number of aromatic nitrogens is 2. The van der Waals surface area contributed by atoms with Crippen LogP contribution in [0.15, 0.2) is 30.6 Å². The summed E-state index contributed by atoms with van der Waals surface area (Å²) < 4.78 is 16.0. The van der Waals surface area contributed by atoms with Crippen molar-refractivity contribution in [3.63, 3.8) is 0 Å². The lowest BCUT2D eigenvalue weighted by Gasteiger charge is -2.24. The summed E-state index contributed by atoms with van der Waals surface area (Å²) in [4.78, 5) is 17.2. The molecule has 1 atom stereocenters. The second-order valence-corrected chi connectivity index (χ2v) is 7.02. The minimum absolute atomic E-state index is 0.0437. The van der Waals surface area contributed by atoms with Gasteiger partial charge >= 0.3 is 0 Å². The van der Waals surface area contributed by atoms with Crippen LogP contribution in [0.5, 0.6) is 0 Å². The molecule has 118 valence electrons. The summed E-state index contributed by atoms with van der Waals surface area (Å²) in [5, 5.41) is 4.13. The molecule has 23 heavy (non-hydrogen) atoms. The monoisotopic (exact) mass is 349 g/mol. The number of hydrogen-bond donors (Lipinski definition) is 1. The summed E-state index contributed by atoms with van der Waals surface area (Å²) in [6, 6.07) is 4.41. The fourth-order valence-corrected chi connectivity index (χ4v) is 4.37. The molecular weight excluding hydrogens is 337 g/mol. The minimum Gasteiger partial charge on any atom is -0.347 e. The summed E-state index contributed by atoms with van der Waals surface area (Å²) >= 11 is 7.52. The predicted molar refractivity (Wildman–Crippen MR) is 88.6 cm³/mol. The van der Waals surface area contributed by atoms with Crippen molar-refractivity contribution in [1.29, 1.82) is 0 Å². The van der Waals surface area contributed by atoms with Crippen molar-refractivity contribution in [3.05, 3.63) is 52.1 Å². The first-order valence-corrected chi connectivity index (χ1v) is 8.49. The number of carbonyl (C=O) groups is 1. The van der Waals surface area contributed by atoms with Gasteiger partial charge in [0, 0.05) is 41.5 Å². The summed E-state index contributed by atoms with van der Waals surface area (Å²) in [5.41, 5.74) is 0. The van der Waals surface area contributed by atoms with Crippen LogP contribution in [0.3, 0.4) is 0 Å². The van der Waals surface area contributed by atoms with Crippen molar-refractivity contribution in [3.8, 4) is 0 Å². The quantitative estimate of drug-likeness (QED) is 0.768. The molecule has 0 saturated carbocycles. The van der Waals surface area contributed by atoms with Gasteiger partial charge in [0.2, 0.25) is 0 Å². The smallest absolute Gasteiger partial charge is 0.263 e. The van der Waals surface area contributed by atoms with E-state index in [1.54, 1.807) is 12.3 Å². The zero-order valence-corrected chi connectivity index (χ0v) is 13.6. The zero-order valence-electron chi connectivity index (χ0n) is 12.1. The number of amides is 1. The van der Waals surface area contributed by atoms with Crippen LogP contribution in [-0.4, -0.2) is 21.5 Å². The maximum Gasteiger partial charge on any atom is 0.263 e. The van der Waals surface area contributed by atoms with Crippen LogP contribution < -0.4 is 5.32 Å². The number of fused-ring (bicyclic) bond motifs is 2. The summed E-state index contributed by atoms with van der Waals surface area (Å²) in [6.45, 7) is 0.707. The van der Waals surface area contributed by atoms with Crippen LogP contribution in [0.4, 0.5) is 4.39 Å². The van der Waals surface area contributed by atoms with E-state index < -0.39 is 0 Å². The summed E-state index contributed by atoms with van der Waals surface area (Å²) in [6.07, 6.45) is 5.38. The maximum atomic E-state index is 13.3. The van der Waals surface area contributed by atoms with Gasteiger partial charge in [0.25, 0.3) is 5.91 Å². The molecule has 3 heterocycles. The second-order valence-electron chi connectivity index (χ2n) is 5.59. The maximum absolute atomic E-state index is 13.3. The van der Waals surface area contributed by atoms with E-state index in [2.05, 4.69) is 14.9 Å². The Labute approximate surface area is 140 Å². The van der Waals surface area contributed by atoms with Gasteiger partial charge in [0.15, 0.2) is 0 Å². The molecule has 3 aromatic rings. The number of aryl methyl sites for hydroxylation is 1. The predicted octanol–water partition coefficient (Wildman–Crippen LogP) is 3.64. The first-order chi connectivity index (χ1) is 11.1. The minimum atomic E-state index is -0.331. The molecule has 0 radical (unpaired) electrons. The van der Waals surface area contributed by atoms with Crippen molar-refractivity contribution in [1.82, 2.24) is 14.9 Å². The van der Waals surface area contributed by atoms with Gasteiger partial charge in [-0.05, 0) is 24.6 Å². The van der Waals surface area contributed by atoms with Crippen LogP contribution in [-0.2, 0) is 13.0 Å². The van der Waals surface area contributed by atoms with Gasteiger partial charge in [-0.25, -0.2) is 9.37 Å². The highest BCUT2D eigenvalue weighted by molar-refractivity contribution is 7.21. The van der Waals surface area contributed by atoms with Crippen LogP contribution in [0.1, 0.15) is 21.9 Å². The van der Waals surface area contributed by atoms with Crippen LogP contribution >= 0.6 is 22.9 Å². The first-order valence-electron chi connectivity index (χ1n) is 7.30. The van der Waals surface area contributed by atoms with Gasteiger partial charge in [-0.15, -0.1) is 11.3 Å². The molecule has 4 nitrogen and oxygen atoms in total. The molecule has 0 saturated heterocycles. The van der Waals surface area contributed by atoms with Gasteiger partial charge in [-0.2, -0.15) is 0 Å². The molecule has 4 rings (SSSR count). The van der Waals surface area contributed by atoms with E-state index in [9.17, 15) is 9.18 Å². The van der Waals surface area contributed by atoms with Crippen LogP contribution in [0.2, 0.25) is 5.02 Å². The summed E-state index contributed by atoms with van der Waals surface area (Å²) in [7, 11) is 0. The van der Waals surface area contributed by atoms with Crippen LogP contribution in [0.25, 0.3) is 10.1 Å². The van der Waals surface area contributed by atoms with Crippen molar-refractivity contribution in [2.75, 3.05) is 0 Å². The molecule has 0 unspecified atom stereocenters. The van der Waals surface area contributed by atoms with E-state index in [1.807, 2.05) is 6.20 Å². The molecule has 7 heteroatoms. The molecular formula is C16H13ClFN3OS. The SMILES string of the molecule is O=C(N[C@@H]1CCc2nccn2C1)c1sc2cc(F)ccc2c1Cl. The Hall–Kier alpha value is -1.92. The van der Waals surface area contributed by atoms with E-state index in [-0.39, 0.29) is 17.8 Å². The lowest BCUT2D eigenvalue weighted by atomic mass is 10.1. The molecule has 0 aliphatic carbocycles. The number of rotatable bonds is 2. The average Bonchev–Trinajstić information content (AvgIpc) is 3.11. The first kappa shape index (κ1) is 14.7. The number of halogens is 2. The standard InChI is InChI=1S/C16H13ClFN3OS/c17-14-11-3-1-9(18)7-12(11)23-15(14)16(22)20-10-2-4-13-19-5-6-21(13)8-10/h1,3,5-7,10H,2,4,8H2,(H,20,22)/t10-/m1/s1. The molecule has 0 bridgehead atoms. The third-order valence-corrected chi connectivity index (χ3v) is 5.72. The number of imidazole rings is 1. The highest BCUT2D eigenvalue weighted by Gasteiger charge is 2.23. The fourth-order valence-electron chi connectivity index (χ4n) is 2.92. The fraction of sp³-hybridized carbons (Fsp3) is 0.250. The number of carbonyl (C=O) groups excluding carboxylic acids is 1. The number of thiophene rings is 1. The number of nitrogens with zero attached hydrogens (tertiary/aromatic N) is 2. The molecule has 1 amide bonds. The molecule has 0 spiro atoms. The third kappa shape index (κ3) is 2.62. The Morgan fingerprint density at radius 3 is 3.22 bits per heavy atom. The van der Waals surface area contributed by atoms with Gasteiger partial charge < -0.3 is 9.88 Å². The lowest BCUT2D eigenvalue weighted by Crippen LogP contribution is -2.40. The Morgan fingerprint density at radius 2 is 2.35 bits per heavy atom. The van der Waals surface area contributed by atoms with Crippen molar-refractivity contribution < 1.29 is 9.18 Å². The highest BCUT2D eigenvalue weighted by Crippen LogP contribution is 2.35. The van der Waals surface area contributed by atoms with Gasteiger partial charge in [-0.3, -0.25) is 4.79 Å². The van der Waals surface area contributed by atoms with E-state index in [0.717, 1.165) is 18.7 Å². The Morgan fingerprint density at radius 1 is 1.48 bits per heavy atom. The van der Waals surface area contributed by atoms with Gasteiger partial charge in [-0.1, -0.05) is 11.6 Å². The zero-order chi connectivity index (χ0) is 16.0. The van der Waals surface area contributed by atoms with E-state index in [0.29, 0.717) is 26.5 Å². The van der Waals surface area contributed by atoms with E-state index in [4.69, 9.17) is 11.6 Å². The van der Waals surface area contributed by atoms with Crippen molar-refractivity contribution in [2.45, 2.75) is 25.4 Å². The highest BCUT2D eigenvalue weighted by atomic mass is 35.5. The number of hydrogen-bond acceptors (Lipinski definition) is 3. The molecule has 1 aromatic carbocycles. The molecule has 0 fully saturated rings. The Bertz CT molecular complexity index is 904. The molecule has 2 aromatic heterocycles. The Balaban J connectivity index is 1.57. The van der Waals surface area contributed by atoms with Crippen molar-refractivity contribution in [2.24, 2.45) is 0 Å². The largest absolute Gasteiger partial charge is 0.347 e. The average molecular weight is 350 g/mol. The van der Waals surface area contributed by atoms with E-state index in [1.165, 1.54) is 23.5 Å². The van der Waals surface area contributed by atoms with Gasteiger partial charge in [0.1, 0.15) is 16.5 Å². The van der Waals surface area contributed by atoms with Crippen molar-refractivity contribution >= 4 is 38.9 Å². The van der Waals surface area contributed by atoms with Gasteiger partial charge in [0.05, 0.1) is 5.02 Å². The van der Waals surface area contributed by atoms with E-state index >= 15 is 0 Å². The molecule has 1 N–H and O–H groups in total. The summed E-state index contributed by atoms with van der Waals surface area (Å²) in [5.74, 6) is 0.512. The van der Waals surface area contributed by atoms with Crippen LogP contribution in [0, 0.1) is 5.82 Å². The normalized spacial score (nSPS) is 17.2.